The maximum atomic E-state index is 9.78. The summed E-state index contributed by atoms with van der Waals surface area (Å²) in [4.78, 5) is 0. The number of phenols is 2. The van der Waals surface area contributed by atoms with Crippen LogP contribution in [-0.2, 0) is 9.47 Å². The number of fused-ring (bicyclic) bond motifs is 1. The molecule has 4 atom stereocenters. The van der Waals surface area contributed by atoms with Crippen LogP contribution in [0, 0.1) is 11.8 Å². The number of hydrogen-bond donors (Lipinski definition) is 2. The van der Waals surface area contributed by atoms with Gasteiger partial charge in [0.15, 0.2) is 23.0 Å². The molecule has 2 N–H and O–H groups in total. The molecule has 0 radical (unpaired) electrons. The topological polar surface area (TPSA) is 77.4 Å². The van der Waals surface area contributed by atoms with E-state index in [1.54, 1.807) is 26.4 Å². The van der Waals surface area contributed by atoms with Gasteiger partial charge in [-0.25, -0.2) is 0 Å². The Morgan fingerprint density at radius 1 is 0.769 bits per heavy atom. The summed E-state index contributed by atoms with van der Waals surface area (Å²) < 4.78 is 22.8. The molecule has 4 rings (SSSR count). The van der Waals surface area contributed by atoms with E-state index in [1.807, 2.05) is 18.2 Å². The molecule has 0 saturated carbocycles. The number of ether oxygens (including phenoxy) is 4. The second-order valence-corrected chi connectivity index (χ2v) is 6.70. The van der Waals surface area contributed by atoms with Crippen LogP contribution in [0.1, 0.15) is 23.3 Å². The van der Waals surface area contributed by atoms with Gasteiger partial charge in [0.25, 0.3) is 0 Å². The molecule has 2 aromatic rings. The lowest BCUT2D eigenvalue weighted by Gasteiger charge is -2.18. The van der Waals surface area contributed by atoms with Crippen LogP contribution in [-0.4, -0.2) is 37.6 Å². The minimum absolute atomic E-state index is 0.0736. The minimum Gasteiger partial charge on any atom is -0.504 e. The van der Waals surface area contributed by atoms with Crippen molar-refractivity contribution in [1.82, 2.24) is 0 Å². The molecule has 0 aliphatic carbocycles. The minimum atomic E-state index is -0.156. The van der Waals surface area contributed by atoms with E-state index in [4.69, 9.17) is 18.9 Å². The Balaban J connectivity index is 1.57. The van der Waals surface area contributed by atoms with Gasteiger partial charge in [0, 0.05) is 11.8 Å². The predicted molar refractivity (Wildman–Crippen MR) is 93.7 cm³/mol. The Labute approximate surface area is 151 Å². The molecule has 26 heavy (non-hydrogen) atoms. The van der Waals surface area contributed by atoms with Gasteiger partial charge in [-0.05, 0) is 35.4 Å². The molecule has 138 valence electrons. The Morgan fingerprint density at radius 3 is 1.92 bits per heavy atom. The van der Waals surface area contributed by atoms with Crippen LogP contribution in [0.5, 0.6) is 23.0 Å². The van der Waals surface area contributed by atoms with Crippen molar-refractivity contribution in [2.45, 2.75) is 12.2 Å². The van der Waals surface area contributed by atoms with Crippen molar-refractivity contribution in [3.05, 3.63) is 47.5 Å². The Bertz CT molecular complexity index is 805. The van der Waals surface area contributed by atoms with Crippen molar-refractivity contribution >= 4 is 0 Å². The zero-order valence-electron chi connectivity index (χ0n) is 14.7. The number of rotatable bonds is 4. The molecule has 0 bridgehead atoms. The molecule has 2 aliphatic rings. The average molecular weight is 358 g/mol. The van der Waals surface area contributed by atoms with Crippen molar-refractivity contribution < 1.29 is 29.2 Å². The quantitative estimate of drug-likeness (QED) is 0.818. The molecular weight excluding hydrogens is 336 g/mol. The molecule has 2 heterocycles. The van der Waals surface area contributed by atoms with Gasteiger partial charge in [0.1, 0.15) is 0 Å². The van der Waals surface area contributed by atoms with Crippen LogP contribution in [0.4, 0.5) is 0 Å². The van der Waals surface area contributed by atoms with Crippen LogP contribution < -0.4 is 9.47 Å². The SMILES string of the molecule is COc1ccc([C@@H]2OC[C@H]3[C@@H]2CO[C@@H]3c2ccc(O)c(O)c2)cc1OC. The molecule has 2 saturated heterocycles. The summed E-state index contributed by atoms with van der Waals surface area (Å²) in [6.07, 6.45) is -0.229. The zero-order chi connectivity index (χ0) is 18.3. The normalized spacial score (nSPS) is 27.3. The number of phenolic OH excluding ortho intramolecular Hbond substituents is 2. The zero-order valence-corrected chi connectivity index (χ0v) is 14.7. The van der Waals surface area contributed by atoms with Gasteiger partial charge in [0.2, 0.25) is 0 Å². The first-order valence-corrected chi connectivity index (χ1v) is 8.59. The van der Waals surface area contributed by atoms with E-state index in [9.17, 15) is 10.2 Å². The van der Waals surface area contributed by atoms with Gasteiger partial charge in [-0.1, -0.05) is 12.1 Å². The molecule has 0 unspecified atom stereocenters. The van der Waals surface area contributed by atoms with Gasteiger partial charge in [-0.2, -0.15) is 0 Å². The largest absolute Gasteiger partial charge is 0.504 e. The molecule has 6 heteroatoms. The van der Waals surface area contributed by atoms with Crippen LogP contribution in [0.3, 0.4) is 0 Å². The van der Waals surface area contributed by atoms with Crippen LogP contribution in [0.15, 0.2) is 36.4 Å². The number of benzene rings is 2. The van der Waals surface area contributed by atoms with Crippen molar-refractivity contribution in [2.75, 3.05) is 27.4 Å². The fraction of sp³-hybridized carbons (Fsp3) is 0.400. The van der Waals surface area contributed by atoms with Gasteiger partial charge >= 0.3 is 0 Å². The third kappa shape index (κ3) is 2.75. The van der Waals surface area contributed by atoms with Gasteiger partial charge < -0.3 is 29.2 Å². The summed E-state index contributed by atoms with van der Waals surface area (Å²) in [6, 6.07) is 10.7. The van der Waals surface area contributed by atoms with E-state index in [-0.39, 0.29) is 35.5 Å². The third-order valence-corrected chi connectivity index (χ3v) is 5.33. The molecule has 6 nitrogen and oxygen atoms in total. The van der Waals surface area contributed by atoms with Gasteiger partial charge in [0.05, 0.1) is 39.6 Å². The summed E-state index contributed by atoms with van der Waals surface area (Å²) in [5.74, 6) is 1.51. The molecule has 2 fully saturated rings. The third-order valence-electron chi connectivity index (χ3n) is 5.33. The van der Waals surface area contributed by atoms with Crippen LogP contribution in [0.2, 0.25) is 0 Å². The smallest absolute Gasteiger partial charge is 0.161 e. The van der Waals surface area contributed by atoms with Gasteiger partial charge in [-0.15, -0.1) is 0 Å². The number of methoxy groups -OCH3 is 2. The molecule has 2 aromatic carbocycles. The molecular formula is C20H22O6. The highest BCUT2D eigenvalue weighted by atomic mass is 16.5. The number of aromatic hydroxyl groups is 2. The lowest BCUT2D eigenvalue weighted by molar-refractivity contribution is 0.0191. The molecule has 0 aromatic heterocycles. The fourth-order valence-corrected chi connectivity index (χ4v) is 3.98. The molecule has 0 amide bonds. The summed E-state index contributed by atoms with van der Waals surface area (Å²) in [7, 11) is 3.23. The van der Waals surface area contributed by atoms with Crippen molar-refractivity contribution in [2.24, 2.45) is 11.8 Å². The van der Waals surface area contributed by atoms with Gasteiger partial charge in [-0.3, -0.25) is 0 Å². The molecule has 0 spiro atoms. The first-order chi connectivity index (χ1) is 12.6. The lowest BCUT2D eigenvalue weighted by Crippen LogP contribution is -2.14. The maximum Gasteiger partial charge on any atom is 0.161 e. The lowest BCUT2D eigenvalue weighted by atomic mass is 9.85. The molecule has 2 aliphatic heterocycles. The van der Waals surface area contributed by atoms with Crippen molar-refractivity contribution in [1.29, 1.82) is 0 Å². The monoisotopic (exact) mass is 358 g/mol. The van der Waals surface area contributed by atoms with E-state index < -0.39 is 0 Å². The first kappa shape index (κ1) is 17.0. The predicted octanol–water partition coefficient (Wildman–Crippen LogP) is 3.19. The van der Waals surface area contributed by atoms with Crippen LogP contribution in [0.25, 0.3) is 0 Å². The Hall–Kier alpha value is -2.44. The second-order valence-electron chi connectivity index (χ2n) is 6.70. The summed E-state index contributed by atoms with van der Waals surface area (Å²) in [5.41, 5.74) is 1.89. The van der Waals surface area contributed by atoms with E-state index in [1.165, 1.54) is 6.07 Å². The van der Waals surface area contributed by atoms with Crippen LogP contribution >= 0.6 is 0 Å². The standard InChI is InChI=1S/C20H22O6/c1-23-17-6-4-12(8-18(17)24-2)20-14-10-25-19(13(14)9-26-20)11-3-5-15(21)16(22)7-11/h3-8,13-14,19-22H,9-10H2,1-2H3/t13-,14-,19+,20-/m0/s1. The summed E-state index contributed by atoms with van der Waals surface area (Å²) >= 11 is 0. The van der Waals surface area contributed by atoms with Crippen molar-refractivity contribution in [3.63, 3.8) is 0 Å². The highest BCUT2D eigenvalue weighted by Gasteiger charge is 2.48. The van der Waals surface area contributed by atoms with E-state index in [0.717, 1.165) is 11.1 Å². The van der Waals surface area contributed by atoms with E-state index in [2.05, 4.69) is 0 Å². The number of hydrogen-bond acceptors (Lipinski definition) is 6. The maximum absolute atomic E-state index is 9.78. The second kappa shape index (κ2) is 6.70. The highest BCUT2D eigenvalue weighted by molar-refractivity contribution is 5.44. The van der Waals surface area contributed by atoms with E-state index in [0.29, 0.717) is 24.7 Å². The summed E-state index contributed by atoms with van der Waals surface area (Å²) in [5, 5.41) is 19.3. The van der Waals surface area contributed by atoms with E-state index >= 15 is 0 Å². The summed E-state index contributed by atoms with van der Waals surface area (Å²) in [6.45, 7) is 1.16. The van der Waals surface area contributed by atoms with Crippen molar-refractivity contribution in [3.8, 4) is 23.0 Å². The average Bonchev–Trinajstić information content (AvgIpc) is 3.25. The fourth-order valence-electron chi connectivity index (χ4n) is 3.98. The first-order valence-electron chi connectivity index (χ1n) is 8.59. The Morgan fingerprint density at radius 2 is 1.35 bits per heavy atom. The Kier molecular flexibility index (Phi) is 4.38. The highest BCUT2D eigenvalue weighted by Crippen LogP contribution is 2.51.